The molecule has 0 heterocycles. The molecule has 2 N–H and O–H groups in total. The maximum atomic E-state index is 11.1. The quantitative estimate of drug-likeness (QED) is 0.823. The van der Waals surface area contributed by atoms with Gasteiger partial charge in [0.15, 0.2) is 0 Å². The molecule has 5 heteroatoms. The van der Waals surface area contributed by atoms with Crippen molar-refractivity contribution in [2.45, 2.75) is 19.4 Å². The number of benzene rings is 1. The smallest absolute Gasteiger partial charge is 0.307 e. The van der Waals surface area contributed by atoms with Crippen molar-refractivity contribution in [3.8, 4) is 5.75 Å². The van der Waals surface area contributed by atoms with Crippen molar-refractivity contribution in [1.29, 1.82) is 0 Å². The lowest BCUT2D eigenvalue weighted by molar-refractivity contribution is -0.141. The zero-order valence-corrected chi connectivity index (χ0v) is 10.8. The van der Waals surface area contributed by atoms with Gasteiger partial charge in [0.05, 0.1) is 20.1 Å². The Kier molecular flexibility index (Phi) is 7.34. The number of nitrogens with two attached hydrogens (primary N) is 1. The molecule has 17 heavy (non-hydrogen) atoms. The van der Waals surface area contributed by atoms with E-state index in [0.717, 1.165) is 11.3 Å². The second-order valence-corrected chi connectivity index (χ2v) is 3.39. The molecule has 0 aliphatic heterocycles. The number of methoxy groups -OCH3 is 1. The predicted molar refractivity (Wildman–Crippen MR) is 68.4 cm³/mol. The van der Waals surface area contributed by atoms with Crippen molar-refractivity contribution in [1.82, 2.24) is 0 Å². The van der Waals surface area contributed by atoms with Gasteiger partial charge in [-0.1, -0.05) is 12.1 Å². The van der Waals surface area contributed by atoms with Crippen molar-refractivity contribution in [2.24, 2.45) is 5.73 Å². The van der Waals surface area contributed by atoms with E-state index in [9.17, 15) is 4.79 Å². The molecule has 1 rings (SSSR count). The Morgan fingerprint density at radius 3 is 2.76 bits per heavy atom. The largest absolute Gasteiger partial charge is 0.494 e. The first-order valence-electron chi connectivity index (χ1n) is 5.22. The fourth-order valence-electron chi connectivity index (χ4n) is 1.38. The maximum Gasteiger partial charge on any atom is 0.307 e. The number of esters is 1. The summed E-state index contributed by atoms with van der Waals surface area (Å²) >= 11 is 0. The van der Waals surface area contributed by atoms with Crippen LogP contribution in [0.3, 0.4) is 0 Å². The Hall–Kier alpha value is -1.26. The van der Waals surface area contributed by atoms with Gasteiger partial charge in [0.1, 0.15) is 5.75 Å². The third kappa shape index (κ3) is 5.06. The van der Waals surface area contributed by atoms with Crippen LogP contribution in [0.4, 0.5) is 0 Å². The SMILES string of the molecule is CCOc1cccc([C@H](N)CC(=O)OC)c1.Cl. The Bertz CT molecular complexity index is 357. The van der Waals surface area contributed by atoms with Crippen LogP contribution in [0.5, 0.6) is 5.75 Å². The number of halogens is 1. The molecule has 0 spiro atoms. The molecule has 0 unspecified atom stereocenters. The molecule has 0 aromatic heterocycles. The van der Waals surface area contributed by atoms with Crippen LogP contribution in [-0.4, -0.2) is 19.7 Å². The molecule has 1 aromatic carbocycles. The molecular formula is C12H18ClNO3. The molecule has 0 amide bonds. The van der Waals surface area contributed by atoms with Gasteiger partial charge in [-0.15, -0.1) is 12.4 Å². The van der Waals surface area contributed by atoms with E-state index >= 15 is 0 Å². The summed E-state index contributed by atoms with van der Waals surface area (Å²) in [4.78, 5) is 11.1. The monoisotopic (exact) mass is 259 g/mol. The fourth-order valence-corrected chi connectivity index (χ4v) is 1.38. The zero-order chi connectivity index (χ0) is 12.0. The summed E-state index contributed by atoms with van der Waals surface area (Å²) in [6.07, 6.45) is 0.173. The number of ether oxygens (including phenoxy) is 2. The Balaban J connectivity index is 0.00000256. The Morgan fingerprint density at radius 2 is 2.18 bits per heavy atom. The minimum atomic E-state index is -0.354. The topological polar surface area (TPSA) is 61.5 Å². The number of hydrogen-bond donors (Lipinski definition) is 1. The van der Waals surface area contributed by atoms with Crippen molar-refractivity contribution >= 4 is 18.4 Å². The van der Waals surface area contributed by atoms with E-state index in [0.29, 0.717) is 6.61 Å². The highest BCUT2D eigenvalue weighted by Crippen LogP contribution is 2.20. The van der Waals surface area contributed by atoms with Gasteiger partial charge in [-0.2, -0.15) is 0 Å². The van der Waals surface area contributed by atoms with Crippen LogP contribution < -0.4 is 10.5 Å². The van der Waals surface area contributed by atoms with Crippen LogP contribution in [0.15, 0.2) is 24.3 Å². The molecule has 0 aliphatic rings. The first-order chi connectivity index (χ1) is 7.67. The summed E-state index contributed by atoms with van der Waals surface area (Å²) in [7, 11) is 1.35. The lowest BCUT2D eigenvalue weighted by Gasteiger charge is -2.12. The fraction of sp³-hybridized carbons (Fsp3) is 0.417. The predicted octanol–water partition coefficient (Wildman–Crippen LogP) is 2.07. The van der Waals surface area contributed by atoms with Crippen LogP contribution >= 0.6 is 12.4 Å². The van der Waals surface area contributed by atoms with Gasteiger partial charge in [-0.3, -0.25) is 4.79 Å². The van der Waals surface area contributed by atoms with Crippen LogP contribution in [0.1, 0.15) is 24.9 Å². The molecule has 0 saturated heterocycles. The van der Waals surface area contributed by atoms with Crippen molar-refractivity contribution in [2.75, 3.05) is 13.7 Å². The maximum absolute atomic E-state index is 11.1. The van der Waals surface area contributed by atoms with E-state index in [-0.39, 0.29) is 30.8 Å². The summed E-state index contributed by atoms with van der Waals surface area (Å²) in [6.45, 7) is 2.52. The molecule has 0 radical (unpaired) electrons. The summed E-state index contributed by atoms with van der Waals surface area (Å²) in [5, 5.41) is 0. The van der Waals surface area contributed by atoms with Crippen molar-refractivity contribution < 1.29 is 14.3 Å². The number of carbonyl (C=O) groups excluding carboxylic acids is 1. The van der Waals surface area contributed by atoms with Crippen LogP contribution in [0, 0.1) is 0 Å². The summed E-state index contributed by atoms with van der Waals surface area (Å²) in [5.41, 5.74) is 6.75. The minimum Gasteiger partial charge on any atom is -0.494 e. The number of rotatable bonds is 5. The van der Waals surface area contributed by atoms with Gasteiger partial charge in [-0.25, -0.2) is 0 Å². The average Bonchev–Trinajstić information content (AvgIpc) is 2.29. The summed E-state index contributed by atoms with van der Waals surface area (Å²) < 4.78 is 9.93. The lowest BCUT2D eigenvalue weighted by Crippen LogP contribution is -2.16. The average molecular weight is 260 g/mol. The molecule has 0 bridgehead atoms. The first kappa shape index (κ1) is 15.7. The van der Waals surface area contributed by atoms with E-state index in [4.69, 9.17) is 10.5 Å². The summed E-state index contributed by atoms with van der Waals surface area (Å²) in [6, 6.07) is 7.08. The van der Waals surface area contributed by atoms with Gasteiger partial charge in [0.2, 0.25) is 0 Å². The zero-order valence-electron chi connectivity index (χ0n) is 10.0. The number of hydrogen-bond acceptors (Lipinski definition) is 4. The number of carbonyl (C=O) groups is 1. The van der Waals surface area contributed by atoms with Gasteiger partial charge in [-0.05, 0) is 24.6 Å². The van der Waals surface area contributed by atoms with Crippen molar-refractivity contribution in [3.05, 3.63) is 29.8 Å². The molecule has 96 valence electrons. The van der Waals surface area contributed by atoms with Gasteiger partial charge >= 0.3 is 5.97 Å². The normalized spacial score (nSPS) is 11.2. The van der Waals surface area contributed by atoms with Gasteiger partial charge < -0.3 is 15.2 Å². The van der Waals surface area contributed by atoms with E-state index in [1.165, 1.54) is 7.11 Å². The van der Waals surface area contributed by atoms with Crippen LogP contribution in [0.2, 0.25) is 0 Å². The summed E-state index contributed by atoms with van der Waals surface area (Å²) in [5.74, 6) is 0.453. The third-order valence-corrected chi connectivity index (χ3v) is 2.21. The van der Waals surface area contributed by atoms with E-state index < -0.39 is 0 Å². The van der Waals surface area contributed by atoms with Gasteiger partial charge in [0, 0.05) is 6.04 Å². The van der Waals surface area contributed by atoms with Crippen LogP contribution in [0.25, 0.3) is 0 Å². The molecule has 0 aliphatic carbocycles. The Morgan fingerprint density at radius 1 is 1.47 bits per heavy atom. The standard InChI is InChI=1S/C12H17NO3.ClH/c1-3-16-10-6-4-5-9(7-10)11(13)8-12(14)15-2;/h4-7,11H,3,8,13H2,1-2H3;1H/t11-;/m1./s1. The van der Waals surface area contributed by atoms with Crippen LogP contribution in [-0.2, 0) is 9.53 Å². The molecule has 0 fully saturated rings. The highest BCUT2D eigenvalue weighted by atomic mass is 35.5. The Labute approximate surface area is 108 Å². The van der Waals surface area contributed by atoms with E-state index in [2.05, 4.69) is 4.74 Å². The highest BCUT2D eigenvalue weighted by molar-refractivity contribution is 5.85. The minimum absolute atomic E-state index is 0. The first-order valence-corrected chi connectivity index (χ1v) is 5.22. The molecule has 4 nitrogen and oxygen atoms in total. The molecule has 1 atom stereocenters. The second kappa shape index (κ2) is 7.92. The third-order valence-electron chi connectivity index (χ3n) is 2.21. The highest BCUT2D eigenvalue weighted by Gasteiger charge is 2.12. The second-order valence-electron chi connectivity index (χ2n) is 3.39. The molecular weight excluding hydrogens is 242 g/mol. The van der Waals surface area contributed by atoms with E-state index in [1.54, 1.807) is 0 Å². The van der Waals surface area contributed by atoms with Gasteiger partial charge in [0.25, 0.3) is 0 Å². The molecule has 0 saturated carbocycles. The lowest BCUT2D eigenvalue weighted by atomic mass is 10.0. The molecule has 1 aromatic rings. The van der Waals surface area contributed by atoms with E-state index in [1.807, 2.05) is 31.2 Å². The van der Waals surface area contributed by atoms with Crippen molar-refractivity contribution in [3.63, 3.8) is 0 Å².